The number of aliphatic carboxylic acids is 1. The molecule has 15 heteroatoms. The van der Waals surface area contributed by atoms with Gasteiger partial charge in [-0.3, -0.25) is 9.11 Å². The highest BCUT2D eigenvalue weighted by Crippen LogP contribution is 2.47. The highest BCUT2D eigenvalue weighted by molar-refractivity contribution is 7.81. The molecule has 0 unspecified atom stereocenters. The Morgan fingerprint density at radius 3 is 2.35 bits per heavy atom. The molecule has 0 radical (unpaired) electrons. The summed E-state index contributed by atoms with van der Waals surface area (Å²) < 4.78 is 70.4. The fourth-order valence-electron chi connectivity index (χ4n) is 2.98. The zero-order valence-electron chi connectivity index (χ0n) is 12.4. The number of fused-ring (bicyclic) bond motifs is 4. The predicted molar refractivity (Wildman–Crippen MR) is 78.3 cm³/mol. The van der Waals surface area contributed by atoms with Crippen molar-refractivity contribution in [2.45, 2.75) is 12.1 Å². The van der Waals surface area contributed by atoms with Gasteiger partial charge in [-0.05, 0) is 11.6 Å². The summed E-state index contributed by atoms with van der Waals surface area (Å²) in [5, 5.41) is 9.62. The van der Waals surface area contributed by atoms with Gasteiger partial charge in [0.2, 0.25) is 0 Å². The van der Waals surface area contributed by atoms with E-state index in [1.807, 2.05) is 0 Å². The smallest absolute Gasteiger partial charge is 0.446 e. The third-order valence-corrected chi connectivity index (χ3v) is 4.47. The van der Waals surface area contributed by atoms with Crippen molar-refractivity contribution in [2.24, 2.45) is 0 Å². The van der Waals surface area contributed by atoms with Gasteiger partial charge in [0.15, 0.2) is 11.8 Å². The van der Waals surface area contributed by atoms with Gasteiger partial charge in [-0.25, -0.2) is 9.59 Å². The zero-order chi connectivity index (χ0) is 19.4. The van der Waals surface area contributed by atoms with Crippen LogP contribution in [0, 0.1) is 0 Å². The van der Waals surface area contributed by atoms with Gasteiger partial charge in [-0.15, -0.1) is 4.28 Å². The average molecular weight is 410 g/mol. The molecule has 1 aromatic carbocycles. The second kappa shape index (κ2) is 5.78. The third-order valence-electron chi connectivity index (χ3n) is 3.73. The number of urea groups is 1. The van der Waals surface area contributed by atoms with E-state index in [2.05, 4.69) is 8.47 Å². The molecule has 1 saturated heterocycles. The first-order chi connectivity index (χ1) is 11.9. The Bertz CT molecular complexity index is 1000. The minimum atomic E-state index is -5.14. The van der Waals surface area contributed by atoms with Crippen LogP contribution in [-0.2, 0) is 29.9 Å². The topological polar surface area (TPSA) is 188 Å². The standard InChI is InChI=1S/C11H10N2O11S2/c14-10(15)9-5-2-1-3-7(23-25(17,18)19)8(5)6-4-12(9)11(16)13(6)24-26(20,21)22/h1-3,6,9H,4H2,(H,14,15)(H,17,18,19)(H,20,21,22)/t6-,9+/m0/s1. The van der Waals surface area contributed by atoms with Crippen molar-refractivity contribution in [3.05, 3.63) is 29.3 Å². The monoisotopic (exact) mass is 410 g/mol. The number of hydrogen-bond acceptors (Lipinski definition) is 8. The zero-order valence-corrected chi connectivity index (χ0v) is 14.0. The summed E-state index contributed by atoms with van der Waals surface area (Å²) in [6, 6.07) is -0.570. The van der Waals surface area contributed by atoms with E-state index in [0.29, 0.717) is 0 Å². The molecule has 2 amide bonds. The second-order valence-electron chi connectivity index (χ2n) is 5.29. The van der Waals surface area contributed by atoms with Crippen LogP contribution in [0.3, 0.4) is 0 Å². The summed E-state index contributed by atoms with van der Waals surface area (Å²) in [5.41, 5.74) is -0.284. The number of hydroxylamine groups is 2. The first-order valence-corrected chi connectivity index (χ1v) is 9.41. The van der Waals surface area contributed by atoms with E-state index in [-0.39, 0.29) is 16.2 Å². The van der Waals surface area contributed by atoms with Crippen molar-refractivity contribution >= 4 is 32.8 Å². The highest BCUT2D eigenvalue weighted by atomic mass is 32.3. The highest BCUT2D eigenvalue weighted by Gasteiger charge is 2.53. The maximum absolute atomic E-state index is 12.3. The lowest BCUT2D eigenvalue weighted by Gasteiger charge is -2.30. The maximum Gasteiger partial charge on any atom is 0.446 e. The van der Waals surface area contributed by atoms with Crippen molar-refractivity contribution in [3.63, 3.8) is 0 Å². The van der Waals surface area contributed by atoms with E-state index >= 15 is 0 Å². The van der Waals surface area contributed by atoms with Crippen molar-refractivity contribution in [2.75, 3.05) is 6.54 Å². The van der Waals surface area contributed by atoms with Crippen molar-refractivity contribution in [1.82, 2.24) is 9.96 Å². The van der Waals surface area contributed by atoms with Gasteiger partial charge in [-0.1, -0.05) is 12.1 Å². The molecule has 0 saturated carbocycles. The number of hydrogen-bond donors (Lipinski definition) is 3. The third kappa shape index (κ3) is 3.17. The number of carbonyl (C=O) groups is 2. The van der Waals surface area contributed by atoms with Crippen LogP contribution in [0.1, 0.15) is 23.2 Å². The summed E-state index contributed by atoms with van der Waals surface area (Å²) in [6.07, 6.45) is 0. The summed E-state index contributed by atoms with van der Waals surface area (Å²) in [6.45, 7) is -0.399. The Morgan fingerprint density at radius 2 is 1.81 bits per heavy atom. The van der Waals surface area contributed by atoms with Gasteiger partial charge in [-0.2, -0.15) is 21.9 Å². The lowest BCUT2D eigenvalue weighted by Crippen LogP contribution is -2.38. The molecule has 0 aliphatic carbocycles. The van der Waals surface area contributed by atoms with Gasteiger partial charge in [0, 0.05) is 5.56 Å². The molecule has 142 valence electrons. The van der Waals surface area contributed by atoms with E-state index in [4.69, 9.17) is 9.11 Å². The summed E-state index contributed by atoms with van der Waals surface area (Å²) in [4.78, 5) is 24.7. The van der Waals surface area contributed by atoms with Crippen molar-refractivity contribution in [3.8, 4) is 5.75 Å². The van der Waals surface area contributed by atoms with Crippen LogP contribution in [0.4, 0.5) is 4.79 Å². The Labute approximate surface area is 146 Å². The number of carbonyl (C=O) groups excluding carboxylic acids is 1. The molecule has 3 rings (SSSR count). The van der Waals surface area contributed by atoms with E-state index in [0.717, 1.165) is 11.0 Å². The molecule has 2 bridgehead atoms. The second-order valence-corrected chi connectivity index (χ2v) is 7.32. The van der Waals surface area contributed by atoms with Crippen LogP contribution in [0.5, 0.6) is 5.75 Å². The van der Waals surface area contributed by atoms with Gasteiger partial charge in [0.05, 0.1) is 6.54 Å². The lowest BCUT2D eigenvalue weighted by molar-refractivity contribution is -0.142. The maximum atomic E-state index is 12.3. The molecule has 1 aromatic rings. The number of carboxylic acids is 1. The molecule has 2 atom stereocenters. The lowest BCUT2D eigenvalue weighted by atomic mass is 9.90. The van der Waals surface area contributed by atoms with Crippen LogP contribution in [0.25, 0.3) is 0 Å². The molecule has 0 aromatic heterocycles. The molecule has 26 heavy (non-hydrogen) atoms. The van der Waals surface area contributed by atoms with Crippen molar-refractivity contribution < 1.29 is 49.1 Å². The Kier molecular flexibility index (Phi) is 4.08. The van der Waals surface area contributed by atoms with E-state index < -0.39 is 57.2 Å². The van der Waals surface area contributed by atoms with Gasteiger partial charge in [0.25, 0.3) is 0 Å². The van der Waals surface area contributed by atoms with Gasteiger partial charge < -0.3 is 14.2 Å². The molecule has 2 aliphatic heterocycles. The van der Waals surface area contributed by atoms with Crippen LogP contribution >= 0.6 is 0 Å². The number of amides is 2. The Balaban J connectivity index is 2.21. The van der Waals surface area contributed by atoms with E-state index in [9.17, 15) is 31.5 Å². The first kappa shape index (κ1) is 18.3. The molecule has 13 nitrogen and oxygen atoms in total. The Hall–Kier alpha value is -2.46. The minimum absolute atomic E-state index is 0.0790. The molecule has 2 heterocycles. The van der Waals surface area contributed by atoms with Crippen LogP contribution in [0.2, 0.25) is 0 Å². The van der Waals surface area contributed by atoms with Gasteiger partial charge >= 0.3 is 32.8 Å². The molecular formula is C11H10N2O11S2. The molecular weight excluding hydrogens is 400 g/mol. The molecule has 1 fully saturated rings. The molecule has 2 aliphatic rings. The Morgan fingerprint density at radius 1 is 1.15 bits per heavy atom. The van der Waals surface area contributed by atoms with E-state index in [1.54, 1.807) is 0 Å². The number of rotatable bonds is 5. The van der Waals surface area contributed by atoms with Crippen LogP contribution in [0.15, 0.2) is 18.2 Å². The van der Waals surface area contributed by atoms with Crippen molar-refractivity contribution in [1.29, 1.82) is 0 Å². The van der Waals surface area contributed by atoms with Crippen LogP contribution in [-0.4, -0.2) is 59.6 Å². The normalized spacial score (nSPS) is 22.3. The summed E-state index contributed by atoms with van der Waals surface area (Å²) >= 11 is 0. The first-order valence-electron chi connectivity index (χ1n) is 6.68. The largest absolute Gasteiger partial charge is 0.479 e. The fourth-order valence-corrected chi connectivity index (χ4v) is 3.73. The average Bonchev–Trinajstić information content (AvgIpc) is 2.70. The summed E-state index contributed by atoms with van der Waals surface area (Å²) in [7, 11) is -10.2. The predicted octanol–water partition coefficient (Wildman–Crippen LogP) is -0.479. The minimum Gasteiger partial charge on any atom is -0.479 e. The molecule has 3 N–H and O–H groups in total. The number of carboxylic acid groups (broad SMARTS) is 1. The van der Waals surface area contributed by atoms with Gasteiger partial charge in [0.1, 0.15) is 6.04 Å². The molecule has 0 spiro atoms. The number of nitrogens with zero attached hydrogens (tertiary/aromatic N) is 2. The number of benzene rings is 1. The van der Waals surface area contributed by atoms with Crippen LogP contribution < -0.4 is 4.18 Å². The summed E-state index contributed by atoms with van der Waals surface area (Å²) in [5.74, 6) is -2.02. The fraction of sp³-hybridized carbons (Fsp3) is 0.273. The SMILES string of the molecule is O=C(O)[C@H]1c2cccc(OS(=O)(=O)O)c2[C@@H]2CN1C(=O)N2OS(=O)(=O)O. The quantitative estimate of drug-likeness (QED) is 0.532. The van der Waals surface area contributed by atoms with E-state index in [1.165, 1.54) is 12.1 Å².